The molecule has 4 N–H and O–H groups in total. The molecule has 0 saturated carbocycles. The van der Waals surface area contributed by atoms with Crippen LogP contribution in [-0.2, 0) is 6.42 Å². The van der Waals surface area contributed by atoms with Crippen molar-refractivity contribution >= 4 is 15.9 Å². The van der Waals surface area contributed by atoms with Gasteiger partial charge in [-0.1, -0.05) is 41.1 Å². The summed E-state index contributed by atoms with van der Waals surface area (Å²) in [6, 6.07) is 14.7. The van der Waals surface area contributed by atoms with E-state index in [4.69, 9.17) is 0 Å². The van der Waals surface area contributed by atoms with Crippen LogP contribution in [0.2, 0.25) is 0 Å². The predicted molar refractivity (Wildman–Crippen MR) is 83.5 cm³/mol. The lowest BCUT2D eigenvalue weighted by Crippen LogP contribution is -2.03. The third-order valence-corrected chi connectivity index (χ3v) is 3.52. The highest BCUT2D eigenvalue weighted by molar-refractivity contribution is 9.10. The first-order valence-corrected chi connectivity index (χ1v) is 7.07. The van der Waals surface area contributed by atoms with Crippen molar-refractivity contribution in [2.75, 3.05) is 0 Å². The van der Waals surface area contributed by atoms with Crippen LogP contribution >= 0.6 is 15.9 Å². The predicted octanol–water partition coefficient (Wildman–Crippen LogP) is 3.40. The molecular weight excluding hydrogens is 302 g/mol. The van der Waals surface area contributed by atoms with Crippen molar-refractivity contribution in [1.29, 1.82) is 0 Å². The zero-order chi connectivity index (χ0) is 14.1. The third kappa shape index (κ3) is 5.11. The van der Waals surface area contributed by atoms with Crippen LogP contribution in [-0.4, -0.2) is 4.98 Å². The molecule has 0 spiro atoms. The zero-order valence-corrected chi connectivity index (χ0v) is 12.7. The summed E-state index contributed by atoms with van der Waals surface area (Å²) < 4.78 is 1.13. The molecule has 0 bridgehead atoms. The van der Waals surface area contributed by atoms with Gasteiger partial charge in [-0.2, -0.15) is 0 Å². The van der Waals surface area contributed by atoms with E-state index in [2.05, 4.69) is 75.9 Å². The molecule has 0 aliphatic carbocycles. The molecule has 1 unspecified atom stereocenters. The molecule has 0 aliphatic rings. The van der Waals surface area contributed by atoms with Crippen molar-refractivity contribution in [3.63, 3.8) is 0 Å². The van der Waals surface area contributed by atoms with Crippen molar-refractivity contribution in [3.8, 4) is 0 Å². The summed E-state index contributed by atoms with van der Waals surface area (Å²) in [5, 5.41) is 0. The fourth-order valence-corrected chi connectivity index (χ4v) is 2.24. The first-order valence-electron chi connectivity index (χ1n) is 6.28. The van der Waals surface area contributed by atoms with Gasteiger partial charge in [-0.25, -0.2) is 0 Å². The summed E-state index contributed by atoms with van der Waals surface area (Å²) in [5.74, 6) is 8.51. The Morgan fingerprint density at radius 1 is 1.11 bits per heavy atom. The Labute approximate surface area is 123 Å². The van der Waals surface area contributed by atoms with E-state index in [1.165, 1.54) is 11.3 Å². The minimum Gasteiger partial charge on any atom is -0.274 e. The number of hydrogen-bond acceptors (Lipinski definition) is 3. The van der Waals surface area contributed by atoms with Gasteiger partial charge in [0.1, 0.15) is 0 Å². The van der Waals surface area contributed by atoms with Gasteiger partial charge in [-0.3, -0.25) is 16.7 Å². The van der Waals surface area contributed by atoms with Crippen LogP contribution in [0.25, 0.3) is 0 Å². The van der Waals surface area contributed by atoms with Crippen molar-refractivity contribution in [2.45, 2.75) is 25.7 Å². The average Bonchev–Trinajstić information content (AvgIpc) is 2.49. The number of aromatic nitrogens is 1. The van der Waals surface area contributed by atoms with E-state index >= 15 is 0 Å². The Bertz CT molecular complexity index is 457. The molecule has 0 aliphatic heterocycles. The van der Waals surface area contributed by atoms with Gasteiger partial charge < -0.3 is 0 Å². The minimum absolute atomic E-state index is 0.511. The van der Waals surface area contributed by atoms with Crippen LogP contribution in [0, 0.1) is 0 Å². The Hall–Kier alpha value is -1.23. The average molecular weight is 322 g/mol. The highest BCUT2D eigenvalue weighted by Crippen LogP contribution is 2.23. The molecule has 0 amide bonds. The number of hydrazine groups is 1. The smallest absolute Gasteiger partial charge is 0.0437 e. The Morgan fingerprint density at radius 3 is 2.32 bits per heavy atom. The number of pyridine rings is 1. The topological polar surface area (TPSA) is 64.9 Å². The fourth-order valence-electron chi connectivity index (χ4n) is 1.98. The Balaban J connectivity index is 0.000000861. The highest BCUT2D eigenvalue weighted by Gasteiger charge is 2.10. The monoisotopic (exact) mass is 321 g/mol. The molecule has 1 aromatic heterocycles. The second-order valence-corrected chi connectivity index (χ2v) is 5.11. The van der Waals surface area contributed by atoms with E-state index in [-0.39, 0.29) is 0 Å². The van der Waals surface area contributed by atoms with Crippen molar-refractivity contribution in [2.24, 2.45) is 11.7 Å². The van der Waals surface area contributed by atoms with Crippen LogP contribution in [0.4, 0.5) is 0 Å². The molecule has 0 saturated heterocycles. The van der Waals surface area contributed by atoms with Crippen LogP contribution in [0.3, 0.4) is 0 Å². The number of rotatable bonds is 4. The molecule has 19 heavy (non-hydrogen) atoms. The van der Waals surface area contributed by atoms with Crippen LogP contribution in [0.15, 0.2) is 53.1 Å². The summed E-state index contributed by atoms with van der Waals surface area (Å²) in [4.78, 5) is 4.45. The van der Waals surface area contributed by atoms with Gasteiger partial charge in [-0.15, -0.1) is 0 Å². The fraction of sp³-hybridized carbons (Fsp3) is 0.267. The maximum atomic E-state index is 4.45. The molecule has 2 aromatic rings. The molecule has 102 valence electrons. The lowest BCUT2D eigenvalue weighted by Gasteiger charge is -2.14. The summed E-state index contributed by atoms with van der Waals surface area (Å²) in [6.07, 6.45) is 4.05. The number of nitrogens with two attached hydrogens (primary N) is 2. The van der Waals surface area contributed by atoms with Gasteiger partial charge in [0.25, 0.3) is 0 Å². The zero-order valence-electron chi connectivity index (χ0n) is 11.1. The van der Waals surface area contributed by atoms with Gasteiger partial charge in [0, 0.05) is 22.3 Å². The van der Waals surface area contributed by atoms with Crippen molar-refractivity contribution in [1.82, 2.24) is 4.98 Å². The number of hydrogen-bond donors (Lipinski definition) is 2. The summed E-state index contributed by atoms with van der Waals surface area (Å²) in [7, 11) is 0. The van der Waals surface area contributed by atoms with Crippen molar-refractivity contribution in [3.05, 3.63) is 64.4 Å². The molecular formula is C15H20BrN3. The summed E-state index contributed by atoms with van der Waals surface area (Å²) in [5.41, 5.74) is 2.56. The molecule has 1 heterocycles. The maximum absolute atomic E-state index is 4.45. The molecule has 1 atom stereocenters. The van der Waals surface area contributed by atoms with Gasteiger partial charge in [0.15, 0.2) is 0 Å². The highest BCUT2D eigenvalue weighted by atomic mass is 79.9. The third-order valence-electron chi connectivity index (χ3n) is 2.99. The van der Waals surface area contributed by atoms with E-state index < -0.39 is 0 Å². The Kier molecular flexibility index (Phi) is 7.33. The molecule has 0 radical (unpaired) electrons. The number of halogens is 1. The van der Waals surface area contributed by atoms with Gasteiger partial charge in [-0.05, 0) is 42.7 Å². The van der Waals surface area contributed by atoms with Gasteiger partial charge in [0.05, 0.1) is 0 Å². The lowest BCUT2D eigenvalue weighted by atomic mass is 9.93. The van der Waals surface area contributed by atoms with E-state index in [9.17, 15) is 0 Å². The maximum Gasteiger partial charge on any atom is 0.0437 e. The normalized spacial score (nSPS) is 11.4. The SMILES string of the molecule is CCC(Cc1ccc(Br)cc1)c1ccccn1.NN. The van der Waals surface area contributed by atoms with Crippen LogP contribution in [0.5, 0.6) is 0 Å². The number of nitrogens with zero attached hydrogens (tertiary/aromatic N) is 1. The van der Waals surface area contributed by atoms with E-state index in [0.717, 1.165) is 17.3 Å². The summed E-state index contributed by atoms with van der Waals surface area (Å²) in [6.45, 7) is 2.22. The molecule has 3 nitrogen and oxygen atoms in total. The van der Waals surface area contributed by atoms with E-state index in [1.807, 2.05) is 12.3 Å². The molecule has 4 heteroatoms. The first kappa shape index (κ1) is 15.8. The minimum atomic E-state index is 0.511. The quantitative estimate of drug-likeness (QED) is 0.670. The van der Waals surface area contributed by atoms with Crippen LogP contribution in [0.1, 0.15) is 30.5 Å². The van der Waals surface area contributed by atoms with Gasteiger partial charge in [0.2, 0.25) is 0 Å². The number of benzene rings is 1. The van der Waals surface area contributed by atoms with Crippen LogP contribution < -0.4 is 11.7 Å². The molecule has 1 aromatic carbocycles. The van der Waals surface area contributed by atoms with Crippen molar-refractivity contribution < 1.29 is 0 Å². The Morgan fingerprint density at radius 2 is 1.79 bits per heavy atom. The molecule has 0 fully saturated rings. The van der Waals surface area contributed by atoms with E-state index in [0.29, 0.717) is 5.92 Å². The summed E-state index contributed by atoms with van der Waals surface area (Å²) >= 11 is 3.46. The van der Waals surface area contributed by atoms with E-state index in [1.54, 1.807) is 0 Å². The standard InChI is InChI=1S/C15H16BrN.H4N2/c1-2-13(15-5-3-4-10-17-15)11-12-6-8-14(16)9-7-12;1-2/h3-10,13H,2,11H2,1H3;1-2H2. The van der Waals surface area contributed by atoms with Gasteiger partial charge >= 0.3 is 0 Å². The second-order valence-electron chi connectivity index (χ2n) is 4.19. The molecule has 2 rings (SSSR count). The largest absolute Gasteiger partial charge is 0.274 e. The lowest BCUT2D eigenvalue weighted by molar-refractivity contribution is 0.640. The first-order chi connectivity index (χ1) is 9.29. The second kappa shape index (κ2) is 8.80.